The number of ether oxygens (including phenoxy) is 2. The summed E-state index contributed by atoms with van der Waals surface area (Å²) in [5.41, 5.74) is 5.22. The van der Waals surface area contributed by atoms with Crippen LogP contribution < -0.4 is 9.64 Å². The van der Waals surface area contributed by atoms with E-state index in [1.54, 1.807) is 14.0 Å². The number of carbonyl (C=O) groups is 2. The topological polar surface area (TPSA) is 68.2 Å². The van der Waals surface area contributed by atoms with Crippen LogP contribution in [0.15, 0.2) is 64.8 Å². The van der Waals surface area contributed by atoms with Crippen LogP contribution in [-0.2, 0) is 14.3 Å². The van der Waals surface area contributed by atoms with E-state index in [4.69, 9.17) is 14.5 Å². The maximum absolute atomic E-state index is 13.6. The van der Waals surface area contributed by atoms with Gasteiger partial charge in [-0.1, -0.05) is 24.3 Å². The molecule has 0 saturated carbocycles. The molecule has 1 aliphatic carbocycles. The molecule has 0 radical (unpaired) electrons. The van der Waals surface area contributed by atoms with Crippen molar-refractivity contribution in [2.75, 3.05) is 32.7 Å². The van der Waals surface area contributed by atoms with Crippen LogP contribution in [0.4, 0.5) is 5.69 Å². The zero-order valence-electron chi connectivity index (χ0n) is 20.5. The SMILES string of the molecule is CCOC(=O)C1C(C)=NC2=C(C(=O)C[C@H](c3ccc(OC)cc3)C2)[C@@H]1c1ccc(N(C)C)cc1. The van der Waals surface area contributed by atoms with Gasteiger partial charge in [-0.3, -0.25) is 14.6 Å². The average Bonchev–Trinajstić information content (AvgIpc) is 2.83. The molecule has 0 aromatic heterocycles. The summed E-state index contributed by atoms with van der Waals surface area (Å²) in [6.45, 7) is 3.95. The van der Waals surface area contributed by atoms with Gasteiger partial charge < -0.3 is 14.4 Å². The van der Waals surface area contributed by atoms with Crippen molar-refractivity contribution in [3.8, 4) is 5.75 Å². The highest BCUT2D eigenvalue weighted by molar-refractivity contribution is 6.09. The molecule has 2 aliphatic rings. The zero-order chi connectivity index (χ0) is 24.4. The summed E-state index contributed by atoms with van der Waals surface area (Å²) >= 11 is 0. The Morgan fingerprint density at radius 3 is 2.26 bits per heavy atom. The molecule has 0 saturated heterocycles. The van der Waals surface area contributed by atoms with Gasteiger partial charge >= 0.3 is 5.97 Å². The highest BCUT2D eigenvalue weighted by atomic mass is 16.5. The van der Waals surface area contributed by atoms with Gasteiger partial charge in [-0.25, -0.2) is 0 Å². The molecule has 3 atom stereocenters. The third-order valence-corrected chi connectivity index (χ3v) is 6.78. The van der Waals surface area contributed by atoms with E-state index in [2.05, 4.69) is 0 Å². The van der Waals surface area contributed by atoms with Gasteiger partial charge in [-0.15, -0.1) is 0 Å². The van der Waals surface area contributed by atoms with Crippen molar-refractivity contribution >= 4 is 23.2 Å². The first kappa shape index (κ1) is 23.7. The van der Waals surface area contributed by atoms with Crippen LogP contribution in [0.5, 0.6) is 5.75 Å². The van der Waals surface area contributed by atoms with E-state index in [-0.39, 0.29) is 24.3 Å². The molecule has 0 bridgehead atoms. The molecule has 0 N–H and O–H groups in total. The highest BCUT2D eigenvalue weighted by Gasteiger charge is 2.44. The molecule has 1 aliphatic heterocycles. The lowest BCUT2D eigenvalue weighted by Gasteiger charge is -2.36. The predicted octanol–water partition coefficient (Wildman–Crippen LogP) is 4.90. The molecule has 4 rings (SSSR count). The molecular weight excluding hydrogens is 428 g/mol. The normalized spacial score (nSPS) is 22.1. The molecule has 178 valence electrons. The molecule has 0 fully saturated rings. The van der Waals surface area contributed by atoms with Gasteiger partial charge in [0.05, 0.1) is 13.7 Å². The largest absolute Gasteiger partial charge is 0.497 e. The summed E-state index contributed by atoms with van der Waals surface area (Å²) in [7, 11) is 5.61. The van der Waals surface area contributed by atoms with Crippen molar-refractivity contribution < 1.29 is 19.1 Å². The van der Waals surface area contributed by atoms with Crippen LogP contribution in [0.3, 0.4) is 0 Å². The lowest BCUT2D eigenvalue weighted by Crippen LogP contribution is -2.38. The second-order valence-corrected chi connectivity index (χ2v) is 9.11. The van der Waals surface area contributed by atoms with Gasteiger partial charge in [-0.05, 0) is 61.6 Å². The fourth-order valence-electron chi connectivity index (χ4n) is 5.05. The number of rotatable bonds is 6. The summed E-state index contributed by atoms with van der Waals surface area (Å²) in [4.78, 5) is 33.5. The molecule has 6 heteroatoms. The van der Waals surface area contributed by atoms with Crippen molar-refractivity contribution in [3.63, 3.8) is 0 Å². The standard InChI is InChI=1S/C28H32N2O4/c1-6-34-28(32)25-17(2)29-23-15-20(18-9-13-22(33-5)14-10-18)16-24(31)27(23)26(25)19-7-11-21(12-8-19)30(3)4/h7-14,20,25-26H,6,15-16H2,1-5H3/t20-,25?,26-/m1/s1. The van der Waals surface area contributed by atoms with Crippen molar-refractivity contribution in [2.45, 2.75) is 38.5 Å². The van der Waals surface area contributed by atoms with Crippen LogP contribution in [0, 0.1) is 5.92 Å². The number of esters is 1. The van der Waals surface area contributed by atoms with Gasteiger partial charge in [-0.2, -0.15) is 0 Å². The summed E-state index contributed by atoms with van der Waals surface area (Å²) in [6.07, 6.45) is 1.05. The van der Waals surface area contributed by atoms with Crippen LogP contribution in [-0.4, -0.2) is 45.3 Å². The van der Waals surface area contributed by atoms with Crippen LogP contribution in [0.2, 0.25) is 0 Å². The molecule has 1 unspecified atom stereocenters. The first-order valence-electron chi connectivity index (χ1n) is 11.7. The van der Waals surface area contributed by atoms with E-state index in [1.807, 2.05) is 74.4 Å². The number of ketones is 1. The van der Waals surface area contributed by atoms with Crippen LogP contribution >= 0.6 is 0 Å². The van der Waals surface area contributed by atoms with Crippen molar-refractivity contribution in [2.24, 2.45) is 10.9 Å². The quantitative estimate of drug-likeness (QED) is 0.574. The van der Waals surface area contributed by atoms with Gasteiger partial charge in [0.25, 0.3) is 0 Å². The summed E-state index contributed by atoms with van der Waals surface area (Å²) < 4.78 is 10.7. The van der Waals surface area contributed by atoms with E-state index in [0.29, 0.717) is 24.1 Å². The van der Waals surface area contributed by atoms with E-state index < -0.39 is 11.8 Å². The third kappa shape index (κ3) is 4.49. The van der Waals surface area contributed by atoms with E-state index in [1.165, 1.54) is 0 Å². The minimum absolute atomic E-state index is 0.0459. The van der Waals surface area contributed by atoms with E-state index in [0.717, 1.165) is 28.3 Å². The lowest BCUT2D eigenvalue weighted by atomic mass is 9.69. The Hall–Kier alpha value is -3.41. The number of nitrogens with zero attached hydrogens (tertiary/aromatic N) is 2. The second-order valence-electron chi connectivity index (χ2n) is 9.11. The second kappa shape index (κ2) is 9.84. The van der Waals surface area contributed by atoms with E-state index >= 15 is 0 Å². The maximum atomic E-state index is 13.6. The maximum Gasteiger partial charge on any atom is 0.315 e. The highest BCUT2D eigenvalue weighted by Crippen LogP contribution is 2.47. The Labute approximate surface area is 201 Å². The summed E-state index contributed by atoms with van der Waals surface area (Å²) in [5, 5.41) is 0. The predicted molar refractivity (Wildman–Crippen MR) is 134 cm³/mol. The number of hydrogen-bond donors (Lipinski definition) is 0. The van der Waals surface area contributed by atoms with Crippen LogP contribution in [0.25, 0.3) is 0 Å². The molecule has 0 spiro atoms. The number of aliphatic imine (C=N–C) groups is 1. The molecule has 0 amide bonds. The summed E-state index contributed by atoms with van der Waals surface area (Å²) in [6, 6.07) is 15.9. The number of carbonyl (C=O) groups excluding carboxylic acids is 2. The smallest absolute Gasteiger partial charge is 0.315 e. The minimum atomic E-state index is -0.606. The Balaban J connectivity index is 1.76. The van der Waals surface area contributed by atoms with Gasteiger partial charge in [0.15, 0.2) is 5.78 Å². The minimum Gasteiger partial charge on any atom is -0.497 e. The van der Waals surface area contributed by atoms with E-state index in [9.17, 15) is 9.59 Å². The number of anilines is 1. The fourth-order valence-corrected chi connectivity index (χ4v) is 5.05. The Bertz CT molecular complexity index is 1130. The van der Waals surface area contributed by atoms with Crippen molar-refractivity contribution in [3.05, 3.63) is 70.9 Å². The lowest BCUT2D eigenvalue weighted by molar-refractivity contribution is -0.146. The first-order chi connectivity index (χ1) is 16.3. The monoisotopic (exact) mass is 460 g/mol. The van der Waals surface area contributed by atoms with Crippen molar-refractivity contribution in [1.29, 1.82) is 0 Å². The number of benzene rings is 2. The Morgan fingerprint density at radius 1 is 1.03 bits per heavy atom. The van der Waals surface area contributed by atoms with Gasteiger partial charge in [0.2, 0.25) is 0 Å². The van der Waals surface area contributed by atoms with Gasteiger partial charge in [0, 0.05) is 49.1 Å². The Morgan fingerprint density at radius 2 is 1.68 bits per heavy atom. The van der Waals surface area contributed by atoms with Gasteiger partial charge in [0.1, 0.15) is 11.7 Å². The number of Topliss-reactive ketones (excluding diaryl/α,β-unsaturated/α-hetero) is 1. The average molecular weight is 461 g/mol. The molecule has 1 heterocycles. The number of allylic oxidation sites excluding steroid dienone is 2. The van der Waals surface area contributed by atoms with Crippen LogP contribution in [0.1, 0.15) is 49.7 Å². The van der Waals surface area contributed by atoms with Crippen molar-refractivity contribution in [1.82, 2.24) is 0 Å². The number of hydrogen-bond acceptors (Lipinski definition) is 6. The summed E-state index contributed by atoms with van der Waals surface area (Å²) in [5.74, 6) is -0.450. The third-order valence-electron chi connectivity index (χ3n) is 6.78. The number of methoxy groups -OCH3 is 1. The molecular formula is C28H32N2O4. The molecule has 2 aromatic rings. The molecule has 2 aromatic carbocycles. The first-order valence-corrected chi connectivity index (χ1v) is 11.7. The fraction of sp³-hybridized carbons (Fsp3) is 0.393. The zero-order valence-corrected chi connectivity index (χ0v) is 20.5. The molecule has 34 heavy (non-hydrogen) atoms. The Kier molecular flexibility index (Phi) is 6.87. The molecule has 6 nitrogen and oxygen atoms in total.